The lowest BCUT2D eigenvalue weighted by atomic mass is 10.00. The molecule has 4 aromatic rings. The summed E-state index contributed by atoms with van der Waals surface area (Å²) in [7, 11) is 0. The molecule has 0 saturated heterocycles. The largest absolute Gasteiger partial charge is 0.488 e. The summed E-state index contributed by atoms with van der Waals surface area (Å²) in [5, 5.41) is 1.01. The van der Waals surface area contributed by atoms with Gasteiger partial charge in [0.05, 0.1) is 19.3 Å². The van der Waals surface area contributed by atoms with Crippen molar-refractivity contribution in [1.29, 1.82) is 0 Å². The first-order chi connectivity index (χ1) is 15.7. The SMILES string of the molecule is CCOC(=O)Cc1ccccc1OCc1coc2ccc(-c3cccc(CCN)c3)cc12. The van der Waals surface area contributed by atoms with Gasteiger partial charge in [-0.2, -0.15) is 0 Å². The van der Waals surface area contributed by atoms with Crippen LogP contribution in [0.15, 0.2) is 77.4 Å². The molecule has 1 aromatic heterocycles. The van der Waals surface area contributed by atoms with Gasteiger partial charge in [-0.05, 0) is 54.8 Å². The maximum Gasteiger partial charge on any atom is 0.310 e. The highest BCUT2D eigenvalue weighted by atomic mass is 16.5. The molecule has 0 aliphatic heterocycles. The molecule has 32 heavy (non-hydrogen) atoms. The van der Waals surface area contributed by atoms with E-state index in [-0.39, 0.29) is 12.4 Å². The lowest BCUT2D eigenvalue weighted by Crippen LogP contribution is -2.09. The molecule has 1 heterocycles. The average molecular weight is 430 g/mol. The van der Waals surface area contributed by atoms with Crippen molar-refractivity contribution in [2.24, 2.45) is 5.73 Å². The zero-order valence-corrected chi connectivity index (χ0v) is 18.2. The van der Waals surface area contributed by atoms with E-state index in [9.17, 15) is 4.79 Å². The molecule has 0 aliphatic rings. The first-order valence-electron chi connectivity index (χ1n) is 10.8. The first-order valence-corrected chi connectivity index (χ1v) is 10.8. The van der Waals surface area contributed by atoms with Crippen LogP contribution in [0.5, 0.6) is 5.75 Å². The summed E-state index contributed by atoms with van der Waals surface area (Å²) in [5.74, 6) is 0.402. The van der Waals surface area contributed by atoms with Gasteiger partial charge in [-0.15, -0.1) is 0 Å². The average Bonchev–Trinajstić information content (AvgIpc) is 3.21. The van der Waals surface area contributed by atoms with Gasteiger partial charge in [0.25, 0.3) is 0 Å². The molecule has 0 atom stereocenters. The van der Waals surface area contributed by atoms with Crippen molar-refractivity contribution in [2.45, 2.75) is 26.4 Å². The van der Waals surface area contributed by atoms with Gasteiger partial charge in [0.15, 0.2) is 0 Å². The third-order valence-corrected chi connectivity index (χ3v) is 5.34. The standard InChI is InChI=1S/C27H27NO4/c1-2-30-27(29)16-22-7-3-4-9-25(22)31-17-23-18-32-26-11-10-21(15-24(23)26)20-8-5-6-19(14-20)12-13-28/h3-11,14-15,18H,2,12-13,16-17,28H2,1H3. The second kappa shape index (κ2) is 10.2. The molecule has 4 rings (SSSR count). The zero-order chi connectivity index (χ0) is 22.3. The number of rotatable bonds is 9. The van der Waals surface area contributed by atoms with E-state index in [2.05, 4.69) is 36.4 Å². The minimum atomic E-state index is -0.265. The fraction of sp³-hybridized carbons (Fsp3) is 0.222. The molecule has 0 radical (unpaired) electrons. The lowest BCUT2D eigenvalue weighted by Gasteiger charge is -2.11. The fourth-order valence-electron chi connectivity index (χ4n) is 3.76. The van der Waals surface area contributed by atoms with Gasteiger partial charge in [-0.25, -0.2) is 0 Å². The zero-order valence-electron chi connectivity index (χ0n) is 18.2. The van der Waals surface area contributed by atoms with Gasteiger partial charge in [0.1, 0.15) is 17.9 Å². The quantitative estimate of drug-likeness (QED) is 0.366. The highest BCUT2D eigenvalue weighted by Crippen LogP contribution is 2.30. The third kappa shape index (κ3) is 5.01. The molecule has 0 amide bonds. The van der Waals surface area contributed by atoms with E-state index in [1.165, 1.54) is 5.56 Å². The summed E-state index contributed by atoms with van der Waals surface area (Å²) in [6, 6.07) is 22.1. The van der Waals surface area contributed by atoms with Gasteiger partial charge in [0, 0.05) is 16.5 Å². The summed E-state index contributed by atoms with van der Waals surface area (Å²) >= 11 is 0. The molecule has 0 aliphatic carbocycles. The van der Waals surface area contributed by atoms with E-state index in [0.717, 1.165) is 39.6 Å². The Morgan fingerprint density at radius 2 is 1.81 bits per heavy atom. The van der Waals surface area contributed by atoms with E-state index < -0.39 is 0 Å². The Morgan fingerprint density at radius 3 is 2.66 bits per heavy atom. The Balaban J connectivity index is 1.56. The van der Waals surface area contributed by atoms with Crippen molar-refractivity contribution < 1.29 is 18.7 Å². The van der Waals surface area contributed by atoms with Crippen molar-refractivity contribution in [1.82, 2.24) is 0 Å². The predicted octanol–water partition coefficient (Wildman–Crippen LogP) is 5.29. The molecule has 0 saturated carbocycles. The second-order valence-electron chi connectivity index (χ2n) is 7.59. The maximum absolute atomic E-state index is 11.9. The van der Waals surface area contributed by atoms with Crippen LogP contribution in [-0.2, 0) is 29.0 Å². The Hall–Kier alpha value is -3.57. The lowest BCUT2D eigenvalue weighted by molar-refractivity contribution is -0.142. The Morgan fingerprint density at radius 1 is 0.969 bits per heavy atom. The number of carbonyl (C=O) groups is 1. The number of carbonyl (C=O) groups excluding carboxylic acids is 1. The van der Waals surface area contributed by atoms with Crippen LogP contribution >= 0.6 is 0 Å². The monoisotopic (exact) mass is 429 g/mol. The van der Waals surface area contributed by atoms with E-state index >= 15 is 0 Å². The maximum atomic E-state index is 11.9. The number of para-hydroxylation sites is 1. The van der Waals surface area contributed by atoms with Gasteiger partial charge >= 0.3 is 5.97 Å². The highest BCUT2D eigenvalue weighted by Gasteiger charge is 2.12. The number of esters is 1. The number of furan rings is 1. The van der Waals surface area contributed by atoms with Crippen LogP contribution in [0.25, 0.3) is 22.1 Å². The molecule has 2 N–H and O–H groups in total. The van der Waals surface area contributed by atoms with Crippen molar-refractivity contribution in [2.75, 3.05) is 13.2 Å². The van der Waals surface area contributed by atoms with E-state index in [1.54, 1.807) is 13.2 Å². The predicted molar refractivity (Wildman–Crippen MR) is 126 cm³/mol. The van der Waals surface area contributed by atoms with Gasteiger partial charge in [-0.1, -0.05) is 48.5 Å². The van der Waals surface area contributed by atoms with Crippen molar-refractivity contribution >= 4 is 16.9 Å². The minimum Gasteiger partial charge on any atom is -0.488 e. The van der Waals surface area contributed by atoms with Crippen LogP contribution in [0.4, 0.5) is 0 Å². The second-order valence-corrected chi connectivity index (χ2v) is 7.59. The Labute approximate surface area is 187 Å². The first kappa shape index (κ1) is 21.7. The van der Waals surface area contributed by atoms with Crippen LogP contribution in [0.2, 0.25) is 0 Å². The molecule has 0 spiro atoms. The number of nitrogens with two attached hydrogens (primary N) is 1. The topological polar surface area (TPSA) is 74.7 Å². The van der Waals surface area contributed by atoms with E-state index in [0.29, 0.717) is 25.5 Å². The summed E-state index contributed by atoms with van der Waals surface area (Å²) in [5.41, 5.74) is 11.8. The van der Waals surface area contributed by atoms with Gasteiger partial charge < -0.3 is 19.6 Å². The summed E-state index contributed by atoms with van der Waals surface area (Å²) in [6.07, 6.45) is 2.76. The molecule has 0 fully saturated rings. The molecule has 0 unspecified atom stereocenters. The van der Waals surface area contributed by atoms with Crippen molar-refractivity contribution in [3.05, 3.63) is 89.7 Å². The Bertz CT molecular complexity index is 1210. The molecule has 3 aromatic carbocycles. The van der Waals surface area contributed by atoms with Crippen LogP contribution < -0.4 is 10.5 Å². The van der Waals surface area contributed by atoms with Gasteiger partial charge in [-0.3, -0.25) is 4.79 Å². The van der Waals surface area contributed by atoms with Crippen molar-refractivity contribution in [3.63, 3.8) is 0 Å². The summed E-state index contributed by atoms with van der Waals surface area (Å²) < 4.78 is 16.9. The molecule has 5 nitrogen and oxygen atoms in total. The van der Waals surface area contributed by atoms with Crippen LogP contribution in [-0.4, -0.2) is 19.1 Å². The molecular formula is C27H27NO4. The summed E-state index contributed by atoms with van der Waals surface area (Å²) in [4.78, 5) is 11.9. The van der Waals surface area contributed by atoms with Crippen molar-refractivity contribution in [3.8, 4) is 16.9 Å². The molecule has 5 heteroatoms. The number of hydrogen-bond donors (Lipinski definition) is 1. The normalized spacial score (nSPS) is 10.9. The number of ether oxygens (including phenoxy) is 2. The molecule has 164 valence electrons. The number of benzene rings is 3. The van der Waals surface area contributed by atoms with Gasteiger partial charge in [0.2, 0.25) is 0 Å². The fourth-order valence-corrected chi connectivity index (χ4v) is 3.76. The number of hydrogen-bond acceptors (Lipinski definition) is 5. The highest BCUT2D eigenvalue weighted by molar-refractivity contribution is 5.86. The van der Waals surface area contributed by atoms with Crippen LogP contribution in [0, 0.1) is 0 Å². The van der Waals surface area contributed by atoms with Crippen LogP contribution in [0.1, 0.15) is 23.6 Å². The smallest absolute Gasteiger partial charge is 0.310 e. The Kier molecular flexibility index (Phi) is 6.87. The summed E-state index contributed by atoms with van der Waals surface area (Å²) in [6.45, 7) is 3.13. The minimum absolute atomic E-state index is 0.180. The number of fused-ring (bicyclic) bond motifs is 1. The van der Waals surface area contributed by atoms with Crippen LogP contribution in [0.3, 0.4) is 0 Å². The van der Waals surface area contributed by atoms with E-state index in [4.69, 9.17) is 19.6 Å². The molecule has 0 bridgehead atoms. The third-order valence-electron chi connectivity index (χ3n) is 5.34. The molecular weight excluding hydrogens is 402 g/mol. The van der Waals surface area contributed by atoms with E-state index in [1.807, 2.05) is 30.3 Å².